The van der Waals surface area contributed by atoms with Gasteiger partial charge in [0.1, 0.15) is 18.6 Å². The summed E-state index contributed by atoms with van der Waals surface area (Å²) in [4.78, 5) is 11.0. The molecule has 1 atom stereocenters. The van der Waals surface area contributed by atoms with Gasteiger partial charge in [0.05, 0.1) is 52.9 Å². The smallest absolute Gasteiger partial charge is 0.127 e. The molecule has 0 aliphatic rings. The average molecular weight is 525 g/mol. The van der Waals surface area contributed by atoms with Crippen LogP contribution in [-0.4, -0.2) is 79.3 Å². The minimum Gasteiger partial charge on any atom is -0.491 e. The van der Waals surface area contributed by atoms with Gasteiger partial charge in [-0.3, -0.25) is 0 Å². The molecule has 0 aliphatic carbocycles. The van der Waals surface area contributed by atoms with Crippen molar-refractivity contribution in [2.45, 2.75) is 12.5 Å². The van der Waals surface area contributed by atoms with E-state index in [0.29, 0.717) is 72.4 Å². The van der Waals surface area contributed by atoms with E-state index in [2.05, 4.69) is 47.8 Å². The SMILES string of the molecule is CNC(CC=O)c1ccc(-c2ccc(OCCOCCOCCOCCOCCN)c3ccccc23)cc1. The summed E-state index contributed by atoms with van der Waals surface area (Å²) in [6.45, 7) is 5.15. The van der Waals surface area contributed by atoms with Gasteiger partial charge in [0, 0.05) is 24.4 Å². The van der Waals surface area contributed by atoms with E-state index >= 15 is 0 Å². The van der Waals surface area contributed by atoms with E-state index in [9.17, 15) is 4.79 Å². The van der Waals surface area contributed by atoms with Gasteiger partial charge in [0.25, 0.3) is 0 Å². The van der Waals surface area contributed by atoms with Gasteiger partial charge in [0.2, 0.25) is 0 Å². The summed E-state index contributed by atoms with van der Waals surface area (Å²) >= 11 is 0. The molecule has 1 unspecified atom stereocenters. The maximum Gasteiger partial charge on any atom is 0.127 e. The molecule has 3 N–H and O–H groups in total. The van der Waals surface area contributed by atoms with Gasteiger partial charge >= 0.3 is 0 Å². The summed E-state index contributed by atoms with van der Waals surface area (Å²) in [6, 6.07) is 20.7. The zero-order valence-corrected chi connectivity index (χ0v) is 22.2. The lowest BCUT2D eigenvalue weighted by atomic mass is 9.95. The van der Waals surface area contributed by atoms with Crippen LogP contribution in [0.4, 0.5) is 0 Å². The fourth-order valence-electron chi connectivity index (χ4n) is 4.12. The summed E-state index contributed by atoms with van der Waals surface area (Å²) in [6.07, 6.45) is 1.39. The predicted molar refractivity (Wildman–Crippen MR) is 150 cm³/mol. The Morgan fingerprint density at radius 2 is 1.32 bits per heavy atom. The number of hydrogen-bond donors (Lipinski definition) is 2. The highest BCUT2D eigenvalue weighted by molar-refractivity contribution is 6.00. The molecular formula is C30H40N2O6. The van der Waals surface area contributed by atoms with E-state index < -0.39 is 0 Å². The number of aldehydes is 1. The number of ether oxygens (including phenoxy) is 5. The summed E-state index contributed by atoms with van der Waals surface area (Å²) < 4.78 is 27.8. The van der Waals surface area contributed by atoms with Crippen molar-refractivity contribution in [2.75, 3.05) is 73.1 Å². The largest absolute Gasteiger partial charge is 0.491 e. The molecule has 3 aromatic rings. The first-order valence-electron chi connectivity index (χ1n) is 13.1. The van der Waals surface area contributed by atoms with Crippen molar-refractivity contribution in [3.63, 3.8) is 0 Å². The van der Waals surface area contributed by atoms with Crippen LogP contribution in [0, 0.1) is 0 Å². The third-order valence-electron chi connectivity index (χ3n) is 6.05. The molecule has 0 fully saturated rings. The van der Waals surface area contributed by atoms with Crippen LogP contribution in [-0.2, 0) is 23.7 Å². The number of nitrogens with two attached hydrogens (primary N) is 1. The second-order valence-corrected chi connectivity index (χ2v) is 8.61. The van der Waals surface area contributed by atoms with E-state index in [1.165, 1.54) is 0 Å². The first kappa shape index (κ1) is 29.7. The Morgan fingerprint density at radius 1 is 0.737 bits per heavy atom. The van der Waals surface area contributed by atoms with E-state index in [-0.39, 0.29) is 6.04 Å². The Kier molecular flexibility index (Phi) is 13.8. The molecular weight excluding hydrogens is 484 g/mol. The van der Waals surface area contributed by atoms with Gasteiger partial charge < -0.3 is 39.5 Å². The average Bonchev–Trinajstić information content (AvgIpc) is 2.96. The molecule has 3 rings (SSSR count). The van der Waals surface area contributed by atoms with Crippen LogP contribution < -0.4 is 15.8 Å². The fourth-order valence-corrected chi connectivity index (χ4v) is 4.12. The van der Waals surface area contributed by atoms with Gasteiger partial charge in [-0.1, -0.05) is 54.6 Å². The molecule has 0 amide bonds. The van der Waals surface area contributed by atoms with E-state index in [1.807, 2.05) is 25.2 Å². The van der Waals surface area contributed by atoms with Crippen LogP contribution in [0.15, 0.2) is 60.7 Å². The molecule has 0 bridgehead atoms. The molecule has 3 aromatic carbocycles. The lowest BCUT2D eigenvalue weighted by molar-refractivity contribution is -0.108. The van der Waals surface area contributed by atoms with Crippen LogP contribution >= 0.6 is 0 Å². The predicted octanol–water partition coefficient (Wildman–Crippen LogP) is 3.76. The van der Waals surface area contributed by atoms with Gasteiger partial charge in [-0.05, 0) is 35.2 Å². The summed E-state index contributed by atoms with van der Waals surface area (Å²) in [5.41, 5.74) is 8.70. The highest BCUT2D eigenvalue weighted by atomic mass is 16.6. The van der Waals surface area contributed by atoms with Crippen LogP contribution in [0.1, 0.15) is 18.0 Å². The lowest BCUT2D eigenvalue weighted by Gasteiger charge is -2.16. The molecule has 8 heteroatoms. The fraction of sp³-hybridized carbons (Fsp3) is 0.433. The van der Waals surface area contributed by atoms with Crippen molar-refractivity contribution >= 4 is 17.1 Å². The third kappa shape index (κ3) is 9.47. The summed E-state index contributed by atoms with van der Waals surface area (Å²) in [5.74, 6) is 0.828. The molecule has 0 radical (unpaired) electrons. The third-order valence-corrected chi connectivity index (χ3v) is 6.05. The highest BCUT2D eigenvalue weighted by Crippen LogP contribution is 2.35. The summed E-state index contributed by atoms with van der Waals surface area (Å²) in [7, 11) is 1.87. The van der Waals surface area contributed by atoms with Gasteiger partial charge in [-0.15, -0.1) is 0 Å². The monoisotopic (exact) mass is 524 g/mol. The number of fused-ring (bicyclic) bond motifs is 1. The standard InChI is InChI=1S/C30H40N2O6/c1-32-29(12-14-33)25-8-6-24(7-9-25)26-10-11-30(28-5-3-2-4-27(26)28)38-23-22-37-21-20-36-19-18-35-17-16-34-15-13-31/h2-11,14,29,32H,12-13,15-23,31H2,1H3. The number of carbonyl (C=O) groups excluding carboxylic acids is 1. The number of nitrogens with one attached hydrogen (secondary N) is 1. The Balaban J connectivity index is 1.43. The van der Waals surface area contributed by atoms with Gasteiger partial charge in [-0.2, -0.15) is 0 Å². The maximum absolute atomic E-state index is 11.0. The molecule has 38 heavy (non-hydrogen) atoms. The minimum atomic E-state index is 0.0223. The second kappa shape index (κ2) is 17.6. The highest BCUT2D eigenvalue weighted by Gasteiger charge is 2.11. The van der Waals surface area contributed by atoms with E-state index in [1.54, 1.807) is 0 Å². The molecule has 0 saturated carbocycles. The Bertz CT molecular complexity index is 1080. The topological polar surface area (TPSA) is 101 Å². The minimum absolute atomic E-state index is 0.0223. The lowest BCUT2D eigenvalue weighted by Crippen LogP contribution is -2.16. The van der Waals surface area contributed by atoms with E-state index in [0.717, 1.165) is 39.5 Å². The summed E-state index contributed by atoms with van der Waals surface area (Å²) in [5, 5.41) is 5.37. The molecule has 0 heterocycles. The number of rotatable bonds is 20. The van der Waals surface area contributed by atoms with E-state index in [4.69, 9.17) is 29.4 Å². The molecule has 0 aliphatic heterocycles. The zero-order chi connectivity index (χ0) is 26.8. The van der Waals surface area contributed by atoms with Crippen molar-refractivity contribution in [1.29, 1.82) is 0 Å². The van der Waals surface area contributed by atoms with Crippen LogP contribution in [0.3, 0.4) is 0 Å². The van der Waals surface area contributed by atoms with Crippen molar-refractivity contribution in [3.05, 3.63) is 66.2 Å². The first-order valence-corrected chi connectivity index (χ1v) is 13.1. The van der Waals surface area contributed by atoms with Crippen molar-refractivity contribution in [1.82, 2.24) is 5.32 Å². The molecule has 206 valence electrons. The van der Waals surface area contributed by atoms with Crippen LogP contribution in [0.25, 0.3) is 21.9 Å². The Morgan fingerprint density at radius 3 is 1.89 bits per heavy atom. The Labute approximate surface area is 225 Å². The van der Waals surface area contributed by atoms with Crippen LogP contribution in [0.2, 0.25) is 0 Å². The number of hydrogen-bond acceptors (Lipinski definition) is 8. The van der Waals surface area contributed by atoms with Gasteiger partial charge in [-0.25, -0.2) is 0 Å². The van der Waals surface area contributed by atoms with Crippen LogP contribution in [0.5, 0.6) is 5.75 Å². The van der Waals surface area contributed by atoms with Gasteiger partial charge in [0.15, 0.2) is 0 Å². The maximum atomic E-state index is 11.0. The quantitative estimate of drug-likeness (QED) is 0.170. The normalized spacial score (nSPS) is 12.1. The van der Waals surface area contributed by atoms with Crippen molar-refractivity contribution in [3.8, 4) is 16.9 Å². The van der Waals surface area contributed by atoms with Crippen molar-refractivity contribution in [2.24, 2.45) is 5.73 Å². The molecule has 0 spiro atoms. The molecule has 0 saturated heterocycles. The zero-order valence-electron chi connectivity index (χ0n) is 22.2. The first-order chi connectivity index (χ1) is 18.8. The number of carbonyl (C=O) groups is 1. The number of benzene rings is 3. The Hall–Kier alpha value is -2.85. The van der Waals surface area contributed by atoms with Crippen molar-refractivity contribution < 1.29 is 28.5 Å². The molecule has 8 nitrogen and oxygen atoms in total. The molecule has 0 aromatic heterocycles. The second-order valence-electron chi connectivity index (χ2n) is 8.61.